The van der Waals surface area contributed by atoms with Crippen LogP contribution in [0.3, 0.4) is 0 Å². The molecule has 1 atom stereocenters. The summed E-state index contributed by atoms with van der Waals surface area (Å²) in [4.78, 5) is 44.5. The van der Waals surface area contributed by atoms with Gasteiger partial charge in [0.2, 0.25) is 0 Å². The van der Waals surface area contributed by atoms with E-state index in [-0.39, 0.29) is 36.0 Å². The molecule has 0 aliphatic heterocycles. The highest BCUT2D eigenvalue weighted by molar-refractivity contribution is 7.46. The number of carbonyl (C=O) groups is 2. The van der Waals surface area contributed by atoms with Crippen molar-refractivity contribution in [2.75, 3.05) is 6.61 Å². The first kappa shape index (κ1) is 26.6. The normalized spacial score (nSPS) is 13.0. The van der Waals surface area contributed by atoms with E-state index in [1.165, 1.54) is 10.6 Å². The Balaban J connectivity index is 2.52. The van der Waals surface area contributed by atoms with E-state index in [1.54, 1.807) is 19.1 Å². The van der Waals surface area contributed by atoms with Crippen molar-refractivity contribution in [1.82, 2.24) is 4.57 Å². The number of nitrogens with zero attached hydrogens (tertiary/aromatic N) is 1. The minimum atomic E-state index is -4.84. The topological polar surface area (TPSA) is 115 Å². The van der Waals surface area contributed by atoms with E-state index >= 15 is 0 Å². The Morgan fingerprint density at radius 2 is 1.88 bits per heavy atom. The molecule has 0 saturated carbocycles. The molecule has 0 aliphatic rings. The number of Topliss-reactive ketones (excluding diaryl/α,β-unsaturated/α-hetero) is 1. The molecule has 0 aliphatic carbocycles. The van der Waals surface area contributed by atoms with Crippen LogP contribution in [0.15, 0.2) is 18.2 Å². The molecule has 0 fully saturated rings. The van der Waals surface area contributed by atoms with Crippen LogP contribution >= 0.6 is 19.4 Å². The summed E-state index contributed by atoms with van der Waals surface area (Å²) in [7, 11) is -4.84. The third-order valence-corrected chi connectivity index (χ3v) is 5.83. The van der Waals surface area contributed by atoms with Gasteiger partial charge in [-0.25, -0.2) is 9.36 Å². The molecule has 0 saturated heterocycles. The maximum absolute atomic E-state index is 13.3. The Hall–Kier alpha value is -1.70. The Bertz CT molecular complexity index is 1010. The van der Waals surface area contributed by atoms with E-state index in [1.807, 2.05) is 6.92 Å². The molecule has 2 N–H and O–H groups in total. The van der Waals surface area contributed by atoms with Crippen LogP contribution in [0.25, 0.3) is 10.9 Å². The quantitative estimate of drug-likeness (QED) is 0.228. The second kappa shape index (κ2) is 11.4. The van der Waals surface area contributed by atoms with Crippen LogP contribution in [-0.2, 0) is 20.6 Å². The second-order valence-electron chi connectivity index (χ2n) is 8.34. The average Bonchev–Trinajstić information content (AvgIpc) is 2.99. The number of phosphoric acid groups is 1. The van der Waals surface area contributed by atoms with Crippen LogP contribution in [0.5, 0.6) is 0 Å². The minimum Gasteiger partial charge on any atom is -0.461 e. The van der Waals surface area contributed by atoms with Crippen LogP contribution in [-0.4, -0.2) is 32.7 Å². The number of ether oxygens (including phenoxy) is 1. The van der Waals surface area contributed by atoms with Gasteiger partial charge in [-0.3, -0.25) is 9.32 Å². The van der Waals surface area contributed by atoms with Gasteiger partial charge < -0.3 is 19.1 Å². The van der Waals surface area contributed by atoms with Gasteiger partial charge in [0, 0.05) is 16.8 Å². The van der Waals surface area contributed by atoms with Gasteiger partial charge in [0.05, 0.1) is 17.7 Å². The lowest BCUT2D eigenvalue weighted by atomic mass is 9.92. The molecule has 0 bridgehead atoms. The Morgan fingerprint density at radius 3 is 2.47 bits per heavy atom. The second-order valence-corrected chi connectivity index (χ2v) is 10.0. The van der Waals surface area contributed by atoms with Gasteiger partial charge in [0.25, 0.3) is 0 Å². The average molecular weight is 488 g/mol. The first-order chi connectivity index (χ1) is 14.9. The number of hydrogen-bond donors (Lipinski definition) is 2. The van der Waals surface area contributed by atoms with E-state index in [9.17, 15) is 14.2 Å². The number of hydrogen-bond acceptors (Lipinski definition) is 5. The Kier molecular flexibility index (Phi) is 9.49. The molecule has 8 nitrogen and oxygen atoms in total. The summed E-state index contributed by atoms with van der Waals surface area (Å²) in [6.45, 7) is 7.36. The lowest BCUT2D eigenvalue weighted by molar-refractivity contribution is 0.0498. The van der Waals surface area contributed by atoms with Gasteiger partial charge in [-0.15, -0.1) is 0 Å². The van der Waals surface area contributed by atoms with E-state index < -0.39 is 20.5 Å². The third-order valence-electron chi connectivity index (χ3n) is 5.14. The standard InChI is InChI=1S/C22H31ClNO7P/c1-5-30-22(26)21-20(19(25)11-15(4)8-6-7-14(2)3)17-10-9-16(23)12-18(17)24(21)13-31-32(27,28)29/h9-10,12,14-15H,5-8,11,13H2,1-4H3,(H2,27,28,29). The van der Waals surface area contributed by atoms with Crippen LogP contribution in [0, 0.1) is 11.8 Å². The van der Waals surface area contributed by atoms with E-state index in [4.69, 9.17) is 26.1 Å². The number of aromatic nitrogens is 1. The molecule has 2 rings (SSSR count). The number of ketones is 1. The fourth-order valence-electron chi connectivity index (χ4n) is 3.68. The molecule has 1 aromatic heterocycles. The predicted octanol–water partition coefficient (Wildman–Crippen LogP) is 5.57. The first-order valence-electron chi connectivity index (χ1n) is 10.7. The zero-order chi connectivity index (χ0) is 24.1. The molecule has 1 heterocycles. The van der Waals surface area contributed by atoms with Crippen molar-refractivity contribution in [3.63, 3.8) is 0 Å². The van der Waals surface area contributed by atoms with Crippen LogP contribution < -0.4 is 0 Å². The highest BCUT2D eigenvalue weighted by Crippen LogP contribution is 2.38. The van der Waals surface area contributed by atoms with Gasteiger partial charge in [-0.2, -0.15) is 0 Å². The summed E-state index contributed by atoms with van der Waals surface area (Å²) >= 11 is 6.12. The van der Waals surface area contributed by atoms with Gasteiger partial charge in [-0.05, 0) is 30.9 Å². The summed E-state index contributed by atoms with van der Waals surface area (Å²) < 4.78 is 22.3. The zero-order valence-electron chi connectivity index (χ0n) is 18.8. The predicted molar refractivity (Wildman–Crippen MR) is 123 cm³/mol. The monoisotopic (exact) mass is 487 g/mol. The number of benzene rings is 1. The summed E-state index contributed by atoms with van der Waals surface area (Å²) in [6.07, 6.45) is 3.19. The number of rotatable bonds is 12. The SMILES string of the molecule is CCOC(=O)c1c(C(=O)CC(C)CCCC(C)C)c2ccc(Cl)cc2n1COP(=O)(O)O. The van der Waals surface area contributed by atoms with Gasteiger partial charge in [0.1, 0.15) is 12.4 Å². The van der Waals surface area contributed by atoms with Crippen molar-refractivity contribution in [3.8, 4) is 0 Å². The Labute approximate surface area is 193 Å². The van der Waals surface area contributed by atoms with E-state index in [0.717, 1.165) is 19.3 Å². The van der Waals surface area contributed by atoms with Crippen molar-refractivity contribution in [1.29, 1.82) is 0 Å². The van der Waals surface area contributed by atoms with Crippen molar-refractivity contribution < 1.29 is 33.2 Å². The lowest BCUT2D eigenvalue weighted by Crippen LogP contribution is -2.18. The van der Waals surface area contributed by atoms with Crippen molar-refractivity contribution in [2.24, 2.45) is 11.8 Å². The molecular formula is C22H31ClNO7P. The number of fused-ring (bicyclic) bond motifs is 1. The zero-order valence-corrected chi connectivity index (χ0v) is 20.5. The van der Waals surface area contributed by atoms with Crippen molar-refractivity contribution in [3.05, 3.63) is 34.5 Å². The highest BCUT2D eigenvalue weighted by Gasteiger charge is 2.30. The minimum absolute atomic E-state index is 0.0691. The van der Waals surface area contributed by atoms with Gasteiger partial charge in [0.15, 0.2) is 5.78 Å². The van der Waals surface area contributed by atoms with Crippen LogP contribution in [0.1, 0.15) is 74.2 Å². The van der Waals surface area contributed by atoms with Gasteiger partial charge in [-0.1, -0.05) is 57.7 Å². The Morgan fingerprint density at radius 1 is 1.19 bits per heavy atom. The number of esters is 1. The fourth-order valence-corrected chi connectivity index (χ4v) is 4.11. The van der Waals surface area contributed by atoms with Crippen molar-refractivity contribution >= 4 is 42.1 Å². The maximum Gasteiger partial charge on any atom is 0.471 e. The number of phosphoric ester groups is 1. The summed E-state index contributed by atoms with van der Waals surface area (Å²) in [5.41, 5.74) is 0.405. The van der Waals surface area contributed by atoms with E-state index in [0.29, 0.717) is 21.8 Å². The molecule has 10 heteroatoms. The molecule has 178 valence electrons. The van der Waals surface area contributed by atoms with Crippen LogP contribution in [0.4, 0.5) is 0 Å². The molecule has 2 aromatic rings. The van der Waals surface area contributed by atoms with E-state index in [2.05, 4.69) is 18.4 Å². The summed E-state index contributed by atoms with van der Waals surface area (Å²) in [5, 5.41) is 0.787. The number of halogens is 1. The number of carbonyl (C=O) groups excluding carboxylic acids is 2. The molecule has 0 amide bonds. The first-order valence-corrected chi connectivity index (χ1v) is 12.6. The molecule has 0 radical (unpaired) electrons. The molecular weight excluding hydrogens is 457 g/mol. The van der Waals surface area contributed by atoms with Crippen molar-refractivity contribution in [2.45, 2.75) is 60.1 Å². The molecule has 32 heavy (non-hydrogen) atoms. The third kappa shape index (κ3) is 7.15. The highest BCUT2D eigenvalue weighted by atomic mass is 35.5. The smallest absolute Gasteiger partial charge is 0.461 e. The molecule has 1 unspecified atom stereocenters. The van der Waals surface area contributed by atoms with Gasteiger partial charge >= 0.3 is 13.8 Å². The van der Waals surface area contributed by atoms with Crippen LogP contribution in [0.2, 0.25) is 5.02 Å². The maximum atomic E-state index is 13.3. The largest absolute Gasteiger partial charge is 0.471 e. The fraction of sp³-hybridized carbons (Fsp3) is 0.545. The lowest BCUT2D eigenvalue weighted by Gasteiger charge is -2.14. The molecule has 1 aromatic carbocycles. The summed E-state index contributed by atoms with van der Waals surface area (Å²) in [6, 6.07) is 4.73. The molecule has 0 spiro atoms. The summed E-state index contributed by atoms with van der Waals surface area (Å²) in [5.74, 6) is -0.323.